The second-order valence-electron chi connectivity index (χ2n) is 5.35. The van der Waals surface area contributed by atoms with Crippen LogP contribution in [-0.2, 0) is 0 Å². The largest absolute Gasteiger partial charge is 0.492 e. The summed E-state index contributed by atoms with van der Waals surface area (Å²) in [5.41, 5.74) is 0. The van der Waals surface area contributed by atoms with Crippen LogP contribution < -0.4 is 0 Å². The van der Waals surface area contributed by atoms with Crippen molar-refractivity contribution < 1.29 is 14.3 Å². The molecule has 0 spiro atoms. The predicted octanol–water partition coefficient (Wildman–Crippen LogP) is 3.37. The highest BCUT2D eigenvalue weighted by atomic mass is 32.1. The summed E-state index contributed by atoms with van der Waals surface area (Å²) in [6.07, 6.45) is 8.42. The summed E-state index contributed by atoms with van der Waals surface area (Å²) in [7, 11) is 0. The zero-order valence-corrected chi connectivity index (χ0v) is 12.4. The number of carbonyl (C=O) groups is 1. The van der Waals surface area contributed by atoms with Gasteiger partial charge >= 0.3 is 0 Å². The predicted molar refractivity (Wildman–Crippen MR) is 79.2 cm³/mol. The van der Waals surface area contributed by atoms with Crippen molar-refractivity contribution >= 4 is 17.2 Å². The monoisotopic (exact) mass is 308 g/mol. The van der Waals surface area contributed by atoms with Crippen molar-refractivity contribution in [3.63, 3.8) is 0 Å². The maximum absolute atomic E-state index is 13.3. The van der Waals surface area contributed by atoms with Gasteiger partial charge in [0.25, 0.3) is 5.91 Å². The molecule has 1 atom stereocenters. The van der Waals surface area contributed by atoms with Gasteiger partial charge in [0.05, 0.1) is 0 Å². The van der Waals surface area contributed by atoms with Crippen LogP contribution in [0.25, 0.3) is 0 Å². The van der Waals surface area contributed by atoms with Gasteiger partial charge in [-0.05, 0) is 37.8 Å². The van der Waals surface area contributed by atoms with E-state index in [4.69, 9.17) is 0 Å². The van der Waals surface area contributed by atoms with E-state index >= 15 is 0 Å². The Bertz CT molecular complexity index is 603. The quantitative estimate of drug-likeness (QED) is 0.911. The average Bonchev–Trinajstić information content (AvgIpc) is 2.89. The van der Waals surface area contributed by atoms with Crippen molar-refractivity contribution in [3.05, 3.63) is 33.9 Å². The second kappa shape index (κ2) is 5.97. The minimum Gasteiger partial charge on any atom is -0.492 e. The molecule has 1 amide bonds. The van der Waals surface area contributed by atoms with Gasteiger partial charge < -0.3 is 10.0 Å². The Balaban J connectivity index is 1.81. The normalized spacial score (nSPS) is 22.2. The molecule has 3 rings (SSSR count). The summed E-state index contributed by atoms with van der Waals surface area (Å²) in [4.78, 5) is 18.5. The van der Waals surface area contributed by atoms with E-state index in [1.54, 1.807) is 11.0 Å². The second-order valence-corrected chi connectivity index (χ2v) is 6.38. The van der Waals surface area contributed by atoms with E-state index < -0.39 is 0 Å². The number of allylic oxidation sites excluding steroid dienone is 4. The van der Waals surface area contributed by atoms with Crippen LogP contribution in [0.4, 0.5) is 4.39 Å². The number of aromatic nitrogens is 1. The van der Waals surface area contributed by atoms with Crippen molar-refractivity contribution in [1.29, 1.82) is 0 Å². The van der Waals surface area contributed by atoms with E-state index in [9.17, 15) is 14.3 Å². The number of hydrogen-bond donors (Lipinski definition) is 1. The van der Waals surface area contributed by atoms with Crippen molar-refractivity contribution in [2.45, 2.75) is 31.6 Å². The molecule has 0 aromatic carbocycles. The molecule has 0 bridgehead atoms. The lowest BCUT2D eigenvalue weighted by Gasteiger charge is -2.25. The van der Waals surface area contributed by atoms with Crippen molar-refractivity contribution in [2.24, 2.45) is 0 Å². The zero-order chi connectivity index (χ0) is 14.8. The summed E-state index contributed by atoms with van der Waals surface area (Å²) in [6.45, 7) is 1.46. The Morgan fingerprint density at radius 2 is 2.14 bits per heavy atom. The molecule has 1 saturated heterocycles. The molecule has 2 heterocycles. The number of amides is 1. The van der Waals surface area contributed by atoms with E-state index in [1.807, 2.05) is 0 Å². The molecule has 6 heteroatoms. The minimum absolute atomic E-state index is 0.160. The number of rotatable bonds is 2. The van der Waals surface area contributed by atoms with E-state index in [1.165, 1.54) is 23.5 Å². The number of aromatic hydroxyl groups is 1. The number of thiazole rings is 1. The van der Waals surface area contributed by atoms with Gasteiger partial charge in [0, 0.05) is 19.0 Å². The van der Waals surface area contributed by atoms with Gasteiger partial charge in [-0.2, -0.15) is 0 Å². The Morgan fingerprint density at radius 3 is 2.86 bits per heavy atom. The van der Waals surface area contributed by atoms with Crippen LogP contribution in [0.15, 0.2) is 24.1 Å². The van der Waals surface area contributed by atoms with Crippen LogP contribution in [0.1, 0.15) is 46.3 Å². The number of likely N-dealkylation sites (tertiary alicyclic amines) is 1. The fourth-order valence-electron chi connectivity index (χ4n) is 2.68. The Hall–Kier alpha value is -1.69. The number of piperidine rings is 1. The van der Waals surface area contributed by atoms with Crippen molar-refractivity contribution in [1.82, 2.24) is 9.88 Å². The van der Waals surface area contributed by atoms with Crippen molar-refractivity contribution in [2.75, 3.05) is 13.1 Å². The first-order chi connectivity index (χ1) is 10.1. The molecule has 1 fully saturated rings. The highest BCUT2D eigenvalue weighted by molar-refractivity contribution is 7.14. The molecule has 1 aromatic rings. The molecule has 1 N–H and O–H groups in total. The highest BCUT2D eigenvalue weighted by Gasteiger charge is 2.26. The molecular formula is C15H17FN2O2S. The fourth-order valence-corrected chi connectivity index (χ4v) is 3.69. The third-order valence-corrected chi connectivity index (χ3v) is 4.97. The van der Waals surface area contributed by atoms with E-state index in [0.29, 0.717) is 11.4 Å². The van der Waals surface area contributed by atoms with Gasteiger partial charge in [0.2, 0.25) is 5.88 Å². The molecule has 4 nitrogen and oxygen atoms in total. The lowest BCUT2D eigenvalue weighted by molar-refractivity contribution is 0.0726. The molecule has 2 aliphatic rings. The van der Waals surface area contributed by atoms with Gasteiger partial charge in [0.1, 0.15) is 10.8 Å². The molecule has 21 heavy (non-hydrogen) atoms. The van der Waals surface area contributed by atoms with Crippen LogP contribution in [0, 0.1) is 0 Å². The topological polar surface area (TPSA) is 53.4 Å². The van der Waals surface area contributed by atoms with E-state index in [-0.39, 0.29) is 28.4 Å². The molecule has 1 unspecified atom stereocenters. The fraction of sp³-hybridized carbons (Fsp3) is 0.467. The first-order valence-electron chi connectivity index (χ1n) is 7.18. The van der Waals surface area contributed by atoms with Gasteiger partial charge in [-0.15, -0.1) is 11.3 Å². The van der Waals surface area contributed by atoms with E-state index in [2.05, 4.69) is 4.98 Å². The molecule has 1 aliphatic heterocycles. The number of halogens is 1. The summed E-state index contributed by atoms with van der Waals surface area (Å²) in [5.74, 6) is -0.889. The number of hydrogen-bond acceptors (Lipinski definition) is 4. The van der Waals surface area contributed by atoms with E-state index in [0.717, 1.165) is 32.4 Å². The van der Waals surface area contributed by atoms with Crippen molar-refractivity contribution in [3.8, 4) is 5.88 Å². The lowest BCUT2D eigenvalue weighted by atomic mass is 10.0. The maximum Gasteiger partial charge on any atom is 0.269 e. The van der Waals surface area contributed by atoms with Crippen LogP contribution in [0.3, 0.4) is 0 Å². The van der Waals surface area contributed by atoms with Crippen LogP contribution in [0.5, 0.6) is 5.88 Å². The first kappa shape index (κ1) is 14.3. The summed E-state index contributed by atoms with van der Waals surface area (Å²) in [6, 6.07) is 0. The molecule has 112 valence electrons. The zero-order valence-electron chi connectivity index (χ0n) is 11.6. The average molecular weight is 308 g/mol. The maximum atomic E-state index is 13.3. The molecule has 1 aliphatic carbocycles. The lowest BCUT2D eigenvalue weighted by Crippen LogP contribution is -2.35. The summed E-state index contributed by atoms with van der Waals surface area (Å²) < 4.78 is 13.3. The molecule has 0 saturated carbocycles. The summed E-state index contributed by atoms with van der Waals surface area (Å²) >= 11 is 1.17. The number of nitrogens with zero attached hydrogens (tertiary/aromatic N) is 2. The van der Waals surface area contributed by atoms with Gasteiger partial charge in [-0.1, -0.05) is 6.08 Å². The molecular weight excluding hydrogens is 291 g/mol. The minimum atomic E-state index is -0.301. The van der Waals surface area contributed by atoms with Gasteiger partial charge in [0.15, 0.2) is 4.88 Å². The Kier molecular flexibility index (Phi) is 4.05. The SMILES string of the molecule is O=C(c1sc(C2C=C(F)C=CC2)nc1O)N1CCCCC1. The number of carbonyl (C=O) groups excluding carboxylic acids is 1. The van der Waals surface area contributed by atoms with Gasteiger partial charge in [-0.25, -0.2) is 9.37 Å². The highest BCUT2D eigenvalue weighted by Crippen LogP contribution is 2.35. The third-order valence-electron chi connectivity index (χ3n) is 3.81. The van der Waals surface area contributed by atoms with Crippen LogP contribution >= 0.6 is 11.3 Å². The first-order valence-corrected chi connectivity index (χ1v) is 7.99. The Morgan fingerprint density at radius 1 is 1.38 bits per heavy atom. The van der Waals surface area contributed by atoms with Crippen LogP contribution in [-0.4, -0.2) is 34.0 Å². The summed E-state index contributed by atoms with van der Waals surface area (Å²) in [5, 5.41) is 10.5. The standard InChI is InChI=1S/C15H17FN2O2S/c16-11-6-4-5-10(9-11)14-17-13(19)12(21-14)15(20)18-7-2-1-3-8-18/h4,6,9-10,19H,1-3,5,7-8H2. The van der Waals surface area contributed by atoms with Gasteiger partial charge in [-0.3, -0.25) is 4.79 Å². The smallest absolute Gasteiger partial charge is 0.269 e. The third kappa shape index (κ3) is 3.00. The van der Waals surface area contributed by atoms with Crippen LogP contribution in [0.2, 0.25) is 0 Å². The Labute approximate surface area is 126 Å². The molecule has 1 aromatic heterocycles. The molecule has 0 radical (unpaired) electrons.